The summed E-state index contributed by atoms with van der Waals surface area (Å²) in [5.74, 6) is 0.296. The molecular formula is C10H16N2O3. The van der Waals surface area contributed by atoms with E-state index in [1.54, 1.807) is 4.90 Å². The molecule has 5 nitrogen and oxygen atoms in total. The Labute approximate surface area is 88.8 Å². The molecule has 0 unspecified atom stereocenters. The van der Waals surface area contributed by atoms with Crippen LogP contribution in [-0.2, 0) is 14.3 Å². The zero-order chi connectivity index (χ0) is 10.8. The molecule has 0 bridgehead atoms. The molecule has 1 atom stereocenters. The maximum absolute atomic E-state index is 11.6. The Morgan fingerprint density at radius 2 is 2.33 bits per heavy atom. The van der Waals surface area contributed by atoms with E-state index in [0.29, 0.717) is 25.3 Å². The van der Waals surface area contributed by atoms with Crippen LogP contribution in [0.25, 0.3) is 0 Å². The first-order valence-corrected chi connectivity index (χ1v) is 5.30. The number of ether oxygens (including phenoxy) is 1. The lowest BCUT2D eigenvalue weighted by Gasteiger charge is -2.33. The number of esters is 1. The molecule has 84 valence electrons. The SMILES string of the molecule is COC(=O)[C@@H]1CCC(=O)N1CC1CNC1. The number of likely N-dealkylation sites (tertiary alicyclic amines) is 1. The first-order valence-electron chi connectivity index (χ1n) is 5.30. The average Bonchev–Trinajstić information content (AvgIpc) is 2.52. The molecule has 2 fully saturated rings. The van der Waals surface area contributed by atoms with E-state index >= 15 is 0 Å². The van der Waals surface area contributed by atoms with Gasteiger partial charge in [0.05, 0.1) is 7.11 Å². The monoisotopic (exact) mass is 212 g/mol. The zero-order valence-electron chi connectivity index (χ0n) is 8.86. The van der Waals surface area contributed by atoms with Crippen LogP contribution in [0.2, 0.25) is 0 Å². The second-order valence-electron chi connectivity index (χ2n) is 4.15. The molecule has 2 aliphatic rings. The molecular weight excluding hydrogens is 196 g/mol. The van der Waals surface area contributed by atoms with Gasteiger partial charge in [-0.1, -0.05) is 0 Å². The largest absolute Gasteiger partial charge is 0.467 e. The van der Waals surface area contributed by atoms with Gasteiger partial charge in [0.15, 0.2) is 0 Å². The van der Waals surface area contributed by atoms with Crippen LogP contribution in [0.1, 0.15) is 12.8 Å². The highest BCUT2D eigenvalue weighted by Crippen LogP contribution is 2.22. The van der Waals surface area contributed by atoms with Gasteiger partial charge in [0.1, 0.15) is 6.04 Å². The Morgan fingerprint density at radius 3 is 2.87 bits per heavy atom. The Bertz CT molecular complexity index is 276. The summed E-state index contributed by atoms with van der Waals surface area (Å²) in [7, 11) is 1.37. The number of carbonyl (C=O) groups is 2. The lowest BCUT2D eigenvalue weighted by molar-refractivity contribution is -0.149. The van der Waals surface area contributed by atoms with Crippen LogP contribution in [0, 0.1) is 5.92 Å². The van der Waals surface area contributed by atoms with Gasteiger partial charge in [-0.15, -0.1) is 0 Å². The zero-order valence-corrected chi connectivity index (χ0v) is 8.86. The number of carbonyl (C=O) groups excluding carboxylic acids is 2. The fourth-order valence-corrected chi connectivity index (χ4v) is 2.10. The van der Waals surface area contributed by atoms with E-state index in [9.17, 15) is 9.59 Å². The summed E-state index contributed by atoms with van der Waals surface area (Å²) in [4.78, 5) is 24.7. The Kier molecular flexibility index (Phi) is 2.90. The summed E-state index contributed by atoms with van der Waals surface area (Å²) in [6, 6.07) is -0.344. The first-order chi connectivity index (χ1) is 7.22. The van der Waals surface area contributed by atoms with Gasteiger partial charge in [-0.2, -0.15) is 0 Å². The topological polar surface area (TPSA) is 58.6 Å². The minimum atomic E-state index is -0.344. The maximum atomic E-state index is 11.6. The third-order valence-electron chi connectivity index (χ3n) is 3.12. The lowest BCUT2D eigenvalue weighted by Crippen LogP contribution is -2.51. The molecule has 0 aromatic heterocycles. The number of hydrogen-bond donors (Lipinski definition) is 1. The van der Waals surface area contributed by atoms with Crippen molar-refractivity contribution in [3.8, 4) is 0 Å². The van der Waals surface area contributed by atoms with Crippen LogP contribution in [0.15, 0.2) is 0 Å². The highest BCUT2D eigenvalue weighted by Gasteiger charge is 2.38. The molecule has 15 heavy (non-hydrogen) atoms. The molecule has 0 aliphatic carbocycles. The van der Waals surface area contributed by atoms with Gasteiger partial charge in [-0.25, -0.2) is 4.79 Å². The van der Waals surface area contributed by atoms with Gasteiger partial charge < -0.3 is 15.0 Å². The molecule has 2 heterocycles. The molecule has 1 amide bonds. The molecule has 0 aromatic carbocycles. The molecule has 0 aromatic rings. The van der Waals surface area contributed by atoms with Gasteiger partial charge in [-0.3, -0.25) is 4.79 Å². The van der Waals surface area contributed by atoms with Gasteiger partial charge in [0, 0.05) is 32.0 Å². The molecule has 2 aliphatic heterocycles. The Hall–Kier alpha value is -1.10. The van der Waals surface area contributed by atoms with Crippen LogP contribution in [0.3, 0.4) is 0 Å². The summed E-state index contributed by atoms with van der Waals surface area (Å²) in [5, 5.41) is 3.15. The van der Waals surface area contributed by atoms with Crippen molar-refractivity contribution in [2.45, 2.75) is 18.9 Å². The highest BCUT2D eigenvalue weighted by molar-refractivity contribution is 5.88. The van der Waals surface area contributed by atoms with Crippen molar-refractivity contribution in [3.05, 3.63) is 0 Å². The summed E-state index contributed by atoms with van der Waals surface area (Å²) in [5.41, 5.74) is 0. The van der Waals surface area contributed by atoms with Crippen LogP contribution >= 0.6 is 0 Å². The first kappa shape index (κ1) is 10.4. The van der Waals surface area contributed by atoms with Crippen LogP contribution in [-0.4, -0.2) is 49.6 Å². The normalized spacial score (nSPS) is 26.6. The van der Waals surface area contributed by atoms with Crippen molar-refractivity contribution >= 4 is 11.9 Å². The Morgan fingerprint density at radius 1 is 1.60 bits per heavy atom. The summed E-state index contributed by atoms with van der Waals surface area (Å²) >= 11 is 0. The number of nitrogens with zero attached hydrogens (tertiary/aromatic N) is 1. The standard InChI is InChI=1S/C10H16N2O3/c1-15-10(14)8-2-3-9(13)12(8)6-7-4-11-5-7/h7-8,11H,2-6H2,1H3/t8-/m0/s1. The van der Waals surface area contributed by atoms with Crippen molar-refractivity contribution in [1.29, 1.82) is 0 Å². The molecule has 5 heteroatoms. The molecule has 0 spiro atoms. The minimum absolute atomic E-state index is 0.0808. The van der Waals surface area contributed by atoms with Crippen LogP contribution < -0.4 is 5.32 Å². The number of amides is 1. The Balaban J connectivity index is 1.97. The van der Waals surface area contributed by atoms with Gasteiger partial charge in [0.2, 0.25) is 5.91 Å². The maximum Gasteiger partial charge on any atom is 0.328 e. The van der Waals surface area contributed by atoms with E-state index in [0.717, 1.165) is 13.1 Å². The molecule has 0 radical (unpaired) electrons. The average molecular weight is 212 g/mol. The van der Waals surface area contributed by atoms with Crippen molar-refractivity contribution in [1.82, 2.24) is 10.2 Å². The second-order valence-corrected chi connectivity index (χ2v) is 4.15. The third kappa shape index (κ3) is 1.97. The number of nitrogens with one attached hydrogen (secondary N) is 1. The number of hydrogen-bond acceptors (Lipinski definition) is 4. The quantitative estimate of drug-likeness (QED) is 0.633. The van der Waals surface area contributed by atoms with E-state index in [2.05, 4.69) is 5.32 Å². The minimum Gasteiger partial charge on any atom is -0.467 e. The van der Waals surface area contributed by atoms with Crippen molar-refractivity contribution in [2.24, 2.45) is 5.92 Å². The molecule has 0 saturated carbocycles. The number of rotatable bonds is 3. The summed E-state index contributed by atoms with van der Waals surface area (Å²) in [6.45, 7) is 2.57. The molecule has 2 rings (SSSR count). The fourth-order valence-electron chi connectivity index (χ4n) is 2.10. The van der Waals surface area contributed by atoms with Gasteiger partial charge in [0.25, 0.3) is 0 Å². The van der Waals surface area contributed by atoms with E-state index in [1.807, 2.05) is 0 Å². The number of methoxy groups -OCH3 is 1. The highest BCUT2D eigenvalue weighted by atomic mass is 16.5. The predicted molar refractivity (Wildman–Crippen MR) is 53.1 cm³/mol. The van der Waals surface area contributed by atoms with E-state index in [4.69, 9.17) is 4.74 Å². The third-order valence-corrected chi connectivity index (χ3v) is 3.12. The van der Waals surface area contributed by atoms with Crippen molar-refractivity contribution < 1.29 is 14.3 Å². The summed E-state index contributed by atoms with van der Waals surface area (Å²) < 4.78 is 4.70. The second kappa shape index (κ2) is 4.18. The van der Waals surface area contributed by atoms with E-state index in [-0.39, 0.29) is 17.9 Å². The van der Waals surface area contributed by atoms with Gasteiger partial charge >= 0.3 is 5.97 Å². The smallest absolute Gasteiger partial charge is 0.328 e. The van der Waals surface area contributed by atoms with Gasteiger partial charge in [-0.05, 0) is 6.42 Å². The fraction of sp³-hybridized carbons (Fsp3) is 0.800. The molecule has 2 saturated heterocycles. The van der Waals surface area contributed by atoms with Crippen molar-refractivity contribution in [2.75, 3.05) is 26.7 Å². The van der Waals surface area contributed by atoms with Crippen LogP contribution in [0.5, 0.6) is 0 Å². The predicted octanol–water partition coefficient (Wildman–Crippen LogP) is -0.630. The molecule has 1 N–H and O–H groups in total. The van der Waals surface area contributed by atoms with E-state index in [1.165, 1.54) is 7.11 Å². The van der Waals surface area contributed by atoms with Crippen molar-refractivity contribution in [3.63, 3.8) is 0 Å². The lowest BCUT2D eigenvalue weighted by atomic mass is 10.0. The summed E-state index contributed by atoms with van der Waals surface area (Å²) in [6.07, 6.45) is 1.07. The van der Waals surface area contributed by atoms with Crippen LogP contribution in [0.4, 0.5) is 0 Å². The van der Waals surface area contributed by atoms with E-state index < -0.39 is 0 Å².